The maximum Gasteiger partial charge on any atom is 0.322 e. The number of urea groups is 1. The molecule has 5 rings (SSSR count). The molecule has 1 N–H and O–H groups in total. The first kappa shape index (κ1) is 25.4. The summed E-state index contributed by atoms with van der Waals surface area (Å²) in [4.78, 5) is 18.7. The molecule has 2 heterocycles. The molecule has 0 aliphatic heterocycles. The summed E-state index contributed by atoms with van der Waals surface area (Å²) in [6.07, 6.45) is 3.15. The molecule has 0 aliphatic carbocycles. The minimum Gasteiger partial charge on any atom is -0.459 e. The molecule has 0 radical (unpaired) electrons. The van der Waals surface area contributed by atoms with E-state index in [1.165, 1.54) is 4.90 Å². The van der Waals surface area contributed by atoms with Crippen molar-refractivity contribution in [3.05, 3.63) is 118 Å². The number of hydrogen-bond donors (Lipinski definition) is 1. The number of carbonyl (C=O) groups excluding carboxylic acids is 1. The Labute approximate surface area is 221 Å². The van der Waals surface area contributed by atoms with Gasteiger partial charge in [-0.05, 0) is 54.4 Å². The molecule has 192 valence electrons. The van der Waals surface area contributed by atoms with E-state index < -0.39 is 29.2 Å². The van der Waals surface area contributed by atoms with Crippen LogP contribution in [0.4, 0.5) is 23.7 Å². The molecule has 0 fully saturated rings. The largest absolute Gasteiger partial charge is 0.459 e. The van der Waals surface area contributed by atoms with Gasteiger partial charge in [-0.2, -0.15) is 0 Å². The zero-order valence-electron chi connectivity index (χ0n) is 20.1. The fourth-order valence-electron chi connectivity index (χ4n) is 4.24. The Balaban J connectivity index is 1.57. The summed E-state index contributed by atoms with van der Waals surface area (Å²) in [6, 6.07) is 16.7. The Morgan fingerprint density at radius 3 is 2.32 bits per heavy atom. The van der Waals surface area contributed by atoms with Gasteiger partial charge in [-0.1, -0.05) is 35.4 Å². The fraction of sp³-hybridized carbons (Fsp3) is 0.103. The molecule has 0 saturated heterocycles. The van der Waals surface area contributed by atoms with E-state index in [2.05, 4.69) is 10.3 Å². The summed E-state index contributed by atoms with van der Waals surface area (Å²) in [7, 11) is 0. The van der Waals surface area contributed by atoms with Crippen LogP contribution >= 0.6 is 11.6 Å². The molecular formula is C29H21ClF3N3O2. The lowest BCUT2D eigenvalue weighted by Gasteiger charge is -2.23. The van der Waals surface area contributed by atoms with Crippen LogP contribution in [-0.2, 0) is 13.1 Å². The van der Waals surface area contributed by atoms with E-state index in [-0.39, 0.29) is 13.1 Å². The molecule has 9 heteroatoms. The molecule has 2 aromatic heterocycles. The molecule has 0 unspecified atom stereocenters. The molecule has 5 nitrogen and oxygen atoms in total. The van der Waals surface area contributed by atoms with Gasteiger partial charge < -0.3 is 14.6 Å². The van der Waals surface area contributed by atoms with Crippen molar-refractivity contribution >= 4 is 34.3 Å². The van der Waals surface area contributed by atoms with Crippen molar-refractivity contribution < 1.29 is 22.4 Å². The molecule has 2 amide bonds. The number of benzene rings is 3. The average Bonchev–Trinajstić information content (AvgIpc) is 3.23. The monoisotopic (exact) mass is 535 g/mol. The van der Waals surface area contributed by atoms with E-state index in [9.17, 15) is 18.0 Å². The van der Waals surface area contributed by atoms with E-state index in [1.54, 1.807) is 36.7 Å². The van der Waals surface area contributed by atoms with Crippen LogP contribution < -0.4 is 5.32 Å². The maximum atomic E-state index is 14.3. The first-order valence-electron chi connectivity index (χ1n) is 11.7. The summed E-state index contributed by atoms with van der Waals surface area (Å²) in [5.41, 5.74) is 3.23. The number of aryl methyl sites for hydroxylation is 1. The van der Waals surface area contributed by atoms with Crippen molar-refractivity contribution in [2.24, 2.45) is 0 Å². The van der Waals surface area contributed by atoms with Gasteiger partial charge in [-0.3, -0.25) is 4.98 Å². The van der Waals surface area contributed by atoms with Crippen LogP contribution in [0.15, 0.2) is 83.5 Å². The second-order valence-corrected chi connectivity index (χ2v) is 9.23. The summed E-state index contributed by atoms with van der Waals surface area (Å²) in [5.74, 6) is -3.06. The maximum absolute atomic E-state index is 14.3. The molecule has 3 aromatic carbocycles. The van der Waals surface area contributed by atoms with Crippen LogP contribution in [0.25, 0.3) is 22.1 Å². The summed E-state index contributed by atoms with van der Waals surface area (Å²) >= 11 is 6.11. The number of carbonyl (C=O) groups is 1. The van der Waals surface area contributed by atoms with E-state index in [0.717, 1.165) is 27.6 Å². The molecule has 0 atom stereocenters. The summed E-state index contributed by atoms with van der Waals surface area (Å²) < 4.78 is 48.3. The number of pyridine rings is 1. The Bertz CT molecular complexity index is 1600. The van der Waals surface area contributed by atoms with E-state index >= 15 is 0 Å². The van der Waals surface area contributed by atoms with Crippen molar-refractivity contribution in [3.63, 3.8) is 0 Å². The number of nitrogens with zero attached hydrogens (tertiary/aromatic N) is 2. The molecule has 0 aliphatic rings. The van der Waals surface area contributed by atoms with Crippen LogP contribution in [0.1, 0.15) is 16.9 Å². The number of aromatic nitrogens is 1. The van der Waals surface area contributed by atoms with Gasteiger partial charge in [0, 0.05) is 47.0 Å². The second-order valence-electron chi connectivity index (χ2n) is 8.79. The van der Waals surface area contributed by atoms with Gasteiger partial charge in [0.05, 0.1) is 6.54 Å². The van der Waals surface area contributed by atoms with E-state index in [1.807, 2.05) is 37.3 Å². The standard InChI is InChI=1S/C29H21ClF3N3O2/c1-17-2-7-25-22(12-17)27(19-3-5-20(30)6-4-19)26(38-25)16-36(15-18-8-10-34-11-9-18)29(37)35-28-23(32)13-21(31)14-24(28)33/h2-14H,15-16H2,1H3,(H,35,37). The number of amides is 2. The highest BCUT2D eigenvalue weighted by Crippen LogP contribution is 2.37. The second kappa shape index (κ2) is 10.6. The quantitative estimate of drug-likeness (QED) is 0.239. The van der Waals surface area contributed by atoms with Crippen LogP contribution in [0, 0.1) is 24.4 Å². The predicted molar refractivity (Wildman–Crippen MR) is 140 cm³/mol. The molecule has 0 bridgehead atoms. The number of nitrogens with one attached hydrogen (secondary N) is 1. The Morgan fingerprint density at radius 2 is 1.63 bits per heavy atom. The molecule has 0 spiro atoms. The van der Waals surface area contributed by atoms with E-state index in [4.69, 9.17) is 16.0 Å². The Hall–Kier alpha value is -4.30. The van der Waals surface area contributed by atoms with Gasteiger partial charge in [-0.25, -0.2) is 18.0 Å². The van der Waals surface area contributed by atoms with Gasteiger partial charge in [0.15, 0.2) is 11.6 Å². The average molecular weight is 536 g/mol. The zero-order valence-corrected chi connectivity index (χ0v) is 20.9. The topological polar surface area (TPSA) is 58.4 Å². The van der Waals surface area contributed by atoms with Crippen LogP contribution in [0.3, 0.4) is 0 Å². The predicted octanol–water partition coefficient (Wildman–Crippen LogP) is 8.11. The molecule has 38 heavy (non-hydrogen) atoms. The molecule has 0 saturated carbocycles. The number of fused-ring (bicyclic) bond motifs is 1. The number of hydrogen-bond acceptors (Lipinski definition) is 3. The first-order valence-corrected chi connectivity index (χ1v) is 12.0. The third kappa shape index (κ3) is 5.35. The van der Waals surface area contributed by atoms with Crippen LogP contribution in [-0.4, -0.2) is 15.9 Å². The Morgan fingerprint density at radius 1 is 0.947 bits per heavy atom. The normalized spacial score (nSPS) is 11.1. The highest BCUT2D eigenvalue weighted by Gasteiger charge is 2.24. The first-order chi connectivity index (χ1) is 18.3. The van der Waals surface area contributed by atoms with Crippen molar-refractivity contribution in [2.45, 2.75) is 20.0 Å². The minimum absolute atomic E-state index is 0.0374. The SMILES string of the molecule is Cc1ccc2oc(CN(Cc3ccncc3)C(=O)Nc3c(F)cc(F)cc3F)c(-c3ccc(Cl)cc3)c2c1. The Kier molecular flexibility index (Phi) is 7.07. The highest BCUT2D eigenvalue weighted by atomic mass is 35.5. The van der Waals surface area contributed by atoms with Gasteiger partial charge in [0.25, 0.3) is 0 Å². The van der Waals surface area contributed by atoms with Gasteiger partial charge in [-0.15, -0.1) is 0 Å². The van der Waals surface area contributed by atoms with Crippen LogP contribution in [0.5, 0.6) is 0 Å². The minimum atomic E-state index is -1.22. The van der Waals surface area contributed by atoms with Crippen molar-refractivity contribution in [1.29, 1.82) is 0 Å². The van der Waals surface area contributed by atoms with E-state index in [0.29, 0.717) is 28.5 Å². The third-order valence-electron chi connectivity index (χ3n) is 6.03. The fourth-order valence-corrected chi connectivity index (χ4v) is 4.36. The van der Waals surface area contributed by atoms with Crippen molar-refractivity contribution in [1.82, 2.24) is 9.88 Å². The number of halogens is 4. The van der Waals surface area contributed by atoms with Crippen molar-refractivity contribution in [2.75, 3.05) is 5.32 Å². The van der Waals surface area contributed by atoms with Gasteiger partial charge in [0.2, 0.25) is 0 Å². The van der Waals surface area contributed by atoms with Gasteiger partial charge >= 0.3 is 6.03 Å². The van der Waals surface area contributed by atoms with Gasteiger partial charge in [0.1, 0.15) is 22.8 Å². The lowest BCUT2D eigenvalue weighted by Crippen LogP contribution is -2.34. The lowest BCUT2D eigenvalue weighted by atomic mass is 10.0. The molecule has 5 aromatic rings. The van der Waals surface area contributed by atoms with Crippen LogP contribution in [0.2, 0.25) is 5.02 Å². The summed E-state index contributed by atoms with van der Waals surface area (Å²) in [6.45, 7) is 2.01. The smallest absolute Gasteiger partial charge is 0.322 e. The zero-order chi connectivity index (χ0) is 26.8. The molecular weight excluding hydrogens is 515 g/mol. The van der Waals surface area contributed by atoms with Crippen molar-refractivity contribution in [3.8, 4) is 11.1 Å². The number of furan rings is 1. The number of anilines is 1. The number of rotatable bonds is 6. The third-order valence-corrected chi connectivity index (χ3v) is 6.28. The highest BCUT2D eigenvalue weighted by molar-refractivity contribution is 6.30. The summed E-state index contributed by atoms with van der Waals surface area (Å²) in [5, 5.41) is 3.67. The lowest BCUT2D eigenvalue weighted by molar-refractivity contribution is 0.201.